The number of nitrogens with one attached hydrogen (secondary N) is 1. The molecule has 3 N–H and O–H groups in total. The molecule has 0 aromatic heterocycles. The highest BCUT2D eigenvalue weighted by molar-refractivity contribution is 6.15. The number of rotatable bonds is 10. The molecule has 4 radical (unpaired) electrons. The van der Waals surface area contributed by atoms with Gasteiger partial charge in [0.1, 0.15) is 23.4 Å². The number of aliphatic hydroxyl groups is 2. The highest BCUT2D eigenvalue weighted by Gasteiger charge is 2.54. The van der Waals surface area contributed by atoms with E-state index in [0.717, 1.165) is 0 Å². The van der Waals surface area contributed by atoms with Gasteiger partial charge in [0.25, 0.3) is 0 Å². The lowest BCUT2D eigenvalue weighted by Crippen LogP contribution is -2.52. The van der Waals surface area contributed by atoms with Gasteiger partial charge in [0.05, 0.1) is 41.6 Å². The number of methoxy groups -OCH3 is 3. The Morgan fingerprint density at radius 3 is 2.36 bits per heavy atom. The van der Waals surface area contributed by atoms with Crippen molar-refractivity contribution in [3.05, 3.63) is 0 Å². The first-order chi connectivity index (χ1) is 13.0. The highest BCUT2D eigenvalue weighted by atomic mass is 16.6. The second-order valence-electron chi connectivity index (χ2n) is 8.45. The van der Waals surface area contributed by atoms with Crippen LogP contribution in [0.2, 0.25) is 11.1 Å². The van der Waals surface area contributed by atoms with Gasteiger partial charge < -0.3 is 39.2 Å². The number of hydrogen-bond donors (Lipinski definition) is 3. The van der Waals surface area contributed by atoms with Gasteiger partial charge in [-0.1, -0.05) is 19.7 Å². The van der Waals surface area contributed by atoms with Gasteiger partial charge in [0.2, 0.25) is 0 Å². The van der Waals surface area contributed by atoms with E-state index in [2.05, 4.69) is 5.32 Å². The van der Waals surface area contributed by atoms with E-state index in [1.165, 1.54) is 21.3 Å². The van der Waals surface area contributed by atoms with Crippen molar-refractivity contribution in [2.45, 2.75) is 60.5 Å². The standard InChI is InChI=1S/C18H33B2NO7/c1-11(19)12-13(25-4)17(22,6-21-12)9-27-7-16(2,20)14-15(26-5)18(23,8-24-3)10-28-14/h11-15,21-23H,6-10H2,1-5H3/t11-,12?,13?,14?,15?,16+,17+,18-/m1/s1. The van der Waals surface area contributed by atoms with Crippen molar-refractivity contribution < 1.29 is 33.9 Å². The summed E-state index contributed by atoms with van der Waals surface area (Å²) in [6.07, 6.45) is -1.78. The lowest BCUT2D eigenvalue weighted by Gasteiger charge is -2.38. The minimum atomic E-state index is -1.28. The molecule has 2 heterocycles. The Morgan fingerprint density at radius 2 is 1.82 bits per heavy atom. The van der Waals surface area contributed by atoms with Crippen LogP contribution in [-0.2, 0) is 23.7 Å². The number of β-amino-alcohol motifs (C(OH)–C–C–N with tert-alkyl or cyclic N) is 1. The van der Waals surface area contributed by atoms with E-state index in [0.29, 0.717) is 6.54 Å². The molecule has 0 bridgehead atoms. The van der Waals surface area contributed by atoms with Crippen molar-refractivity contribution in [3.63, 3.8) is 0 Å². The molecule has 0 aromatic carbocycles. The SMILES string of the molecule is [B][C@H](C)C1NC[C@](O)(COC[C@@]([B])(C)C2OC[C@](O)(COC)C2OC)C1OC. The van der Waals surface area contributed by atoms with Crippen molar-refractivity contribution in [2.24, 2.45) is 0 Å². The molecule has 0 saturated carbocycles. The molecule has 2 saturated heterocycles. The summed E-state index contributed by atoms with van der Waals surface area (Å²) >= 11 is 0. The molecule has 2 fully saturated rings. The minimum absolute atomic E-state index is 0.0151. The lowest BCUT2D eigenvalue weighted by atomic mass is 9.64. The third-order valence-electron chi connectivity index (χ3n) is 5.70. The van der Waals surface area contributed by atoms with Crippen LogP contribution >= 0.6 is 0 Å². The van der Waals surface area contributed by atoms with Crippen LogP contribution in [0.4, 0.5) is 0 Å². The van der Waals surface area contributed by atoms with Crippen LogP contribution in [0, 0.1) is 0 Å². The van der Waals surface area contributed by atoms with Crippen LogP contribution in [0.5, 0.6) is 0 Å². The van der Waals surface area contributed by atoms with E-state index in [9.17, 15) is 10.2 Å². The van der Waals surface area contributed by atoms with Crippen LogP contribution in [0.15, 0.2) is 0 Å². The van der Waals surface area contributed by atoms with E-state index in [-0.39, 0.29) is 38.3 Å². The van der Waals surface area contributed by atoms with Crippen molar-refractivity contribution in [3.8, 4) is 0 Å². The van der Waals surface area contributed by atoms with Gasteiger partial charge in [-0.05, 0) is 5.31 Å². The van der Waals surface area contributed by atoms with Crippen LogP contribution in [0.25, 0.3) is 0 Å². The summed E-state index contributed by atoms with van der Waals surface area (Å²) in [6, 6.07) is -0.178. The van der Waals surface area contributed by atoms with E-state index in [1.807, 2.05) is 6.92 Å². The molecule has 0 spiro atoms. The van der Waals surface area contributed by atoms with Gasteiger partial charge in [-0.3, -0.25) is 0 Å². The summed E-state index contributed by atoms with van der Waals surface area (Å²) in [4.78, 5) is 0. The molecular formula is C18H33B2NO7. The largest absolute Gasteiger partial charge is 0.383 e. The van der Waals surface area contributed by atoms with Gasteiger partial charge in [-0.25, -0.2) is 0 Å². The Kier molecular flexibility index (Phi) is 8.00. The average molecular weight is 397 g/mol. The zero-order valence-electron chi connectivity index (χ0n) is 17.5. The molecule has 8 atom stereocenters. The third-order valence-corrected chi connectivity index (χ3v) is 5.70. The summed E-state index contributed by atoms with van der Waals surface area (Å²) in [5, 5.41) is 23.9. The summed E-state index contributed by atoms with van der Waals surface area (Å²) in [7, 11) is 16.9. The Labute approximate surface area is 170 Å². The van der Waals surface area contributed by atoms with Crippen molar-refractivity contribution >= 4 is 15.7 Å². The average Bonchev–Trinajstić information content (AvgIpc) is 3.12. The second-order valence-corrected chi connectivity index (χ2v) is 8.45. The smallest absolute Gasteiger partial charge is 0.140 e. The lowest BCUT2D eigenvalue weighted by molar-refractivity contribution is -0.125. The zero-order valence-corrected chi connectivity index (χ0v) is 17.5. The first-order valence-electron chi connectivity index (χ1n) is 9.51. The molecular weight excluding hydrogens is 364 g/mol. The quantitative estimate of drug-likeness (QED) is 0.397. The molecule has 2 aliphatic rings. The summed E-state index contributed by atoms with van der Waals surface area (Å²) in [5.41, 5.74) is -2.51. The first kappa shape index (κ1) is 24.1. The maximum absolute atomic E-state index is 11.0. The van der Waals surface area contributed by atoms with Crippen molar-refractivity contribution in [2.75, 3.05) is 54.3 Å². The van der Waals surface area contributed by atoms with Gasteiger partial charge in [0.15, 0.2) is 0 Å². The molecule has 10 heteroatoms. The fourth-order valence-corrected chi connectivity index (χ4v) is 4.27. The number of hydrogen-bond acceptors (Lipinski definition) is 8. The first-order valence-corrected chi connectivity index (χ1v) is 9.51. The molecule has 2 aliphatic heterocycles. The fourth-order valence-electron chi connectivity index (χ4n) is 4.27. The Hall–Kier alpha value is -0.190. The predicted octanol–water partition coefficient (Wildman–Crippen LogP) is -1.16. The summed E-state index contributed by atoms with van der Waals surface area (Å²) < 4.78 is 27.6. The molecule has 0 aliphatic carbocycles. The summed E-state index contributed by atoms with van der Waals surface area (Å²) in [5.74, 6) is -0.188. The topological polar surface area (TPSA) is 98.6 Å². The number of ether oxygens (including phenoxy) is 5. The predicted molar refractivity (Wildman–Crippen MR) is 105 cm³/mol. The van der Waals surface area contributed by atoms with Crippen LogP contribution in [0.1, 0.15) is 13.8 Å². The molecule has 8 nitrogen and oxygen atoms in total. The van der Waals surface area contributed by atoms with E-state index in [1.54, 1.807) is 6.92 Å². The highest BCUT2D eigenvalue weighted by Crippen LogP contribution is 2.41. The Bertz CT molecular complexity index is 512. The Morgan fingerprint density at radius 1 is 1.18 bits per heavy atom. The van der Waals surface area contributed by atoms with Gasteiger partial charge >= 0.3 is 0 Å². The van der Waals surface area contributed by atoms with E-state index >= 15 is 0 Å². The van der Waals surface area contributed by atoms with Crippen LogP contribution in [0.3, 0.4) is 0 Å². The maximum atomic E-state index is 11.0. The minimum Gasteiger partial charge on any atom is -0.383 e. The van der Waals surface area contributed by atoms with Gasteiger partial charge in [0, 0.05) is 40.5 Å². The van der Waals surface area contributed by atoms with Gasteiger partial charge in [-0.2, -0.15) is 0 Å². The molecule has 4 unspecified atom stereocenters. The molecule has 2 rings (SSSR count). The monoisotopic (exact) mass is 397 g/mol. The van der Waals surface area contributed by atoms with E-state index in [4.69, 9.17) is 39.4 Å². The molecule has 28 heavy (non-hydrogen) atoms. The van der Waals surface area contributed by atoms with Crippen molar-refractivity contribution in [1.82, 2.24) is 5.32 Å². The van der Waals surface area contributed by atoms with E-state index < -0.39 is 34.8 Å². The Balaban J connectivity index is 1.98. The normalized spacial score (nSPS) is 41.8. The molecule has 0 amide bonds. The molecule has 158 valence electrons. The second kappa shape index (κ2) is 9.31. The van der Waals surface area contributed by atoms with Crippen molar-refractivity contribution in [1.29, 1.82) is 0 Å². The zero-order chi connectivity index (χ0) is 21.2. The van der Waals surface area contributed by atoms with Crippen LogP contribution < -0.4 is 5.32 Å². The summed E-state index contributed by atoms with van der Waals surface area (Å²) in [6.45, 7) is 4.14. The van der Waals surface area contributed by atoms with Gasteiger partial charge in [-0.15, -0.1) is 0 Å². The fraction of sp³-hybridized carbons (Fsp3) is 1.00. The maximum Gasteiger partial charge on any atom is 0.140 e. The third kappa shape index (κ3) is 4.75. The molecule has 0 aromatic rings. The van der Waals surface area contributed by atoms with Crippen LogP contribution in [-0.4, -0.2) is 116 Å².